The smallest absolute Gasteiger partial charge is 0.306 e. The zero-order valence-corrected chi connectivity index (χ0v) is 48.1. The normalized spacial score (nSPS) is 13.0. The minimum Gasteiger partial charge on any atom is -0.481 e. The Morgan fingerprint density at radius 2 is 1.12 bits per heavy atom. The van der Waals surface area contributed by atoms with E-state index in [2.05, 4.69) is 88.4 Å². The fourth-order valence-electron chi connectivity index (χ4n) is 6.58. The number of ketones is 1. The van der Waals surface area contributed by atoms with Crippen LogP contribution in [0.2, 0.25) is 6.32 Å². The molecule has 0 saturated carbocycles. The molecular weight excluding hydrogens is 853 g/mol. The van der Waals surface area contributed by atoms with Crippen molar-refractivity contribution in [2.24, 2.45) is 35.5 Å². The van der Waals surface area contributed by atoms with Crippen LogP contribution in [0.3, 0.4) is 0 Å². The molecule has 68 heavy (non-hydrogen) atoms. The van der Waals surface area contributed by atoms with Gasteiger partial charge in [-0.1, -0.05) is 206 Å². The number of rotatable bonds is 38. The lowest BCUT2D eigenvalue weighted by atomic mass is 9.88. The molecule has 2 radical (unpaired) electrons. The van der Waals surface area contributed by atoms with E-state index in [-0.39, 0.29) is 49.2 Å². The Morgan fingerprint density at radius 3 is 1.53 bits per heavy atom. The summed E-state index contributed by atoms with van der Waals surface area (Å²) >= 11 is 0. The van der Waals surface area contributed by atoms with Crippen molar-refractivity contribution in [3.05, 3.63) is 0 Å². The van der Waals surface area contributed by atoms with Crippen molar-refractivity contribution < 1.29 is 43.6 Å². The monoisotopic (exact) mass is 972 g/mol. The number of nitrogens with one attached hydrogen (secondary N) is 1. The van der Waals surface area contributed by atoms with Gasteiger partial charge in [0.2, 0.25) is 0 Å². The van der Waals surface area contributed by atoms with Crippen molar-refractivity contribution in [3.8, 4) is 0 Å². The van der Waals surface area contributed by atoms with Gasteiger partial charge in [0.15, 0.2) is 6.29 Å². The predicted molar refractivity (Wildman–Crippen MR) is 292 cm³/mol. The zero-order valence-electron chi connectivity index (χ0n) is 48.1. The van der Waals surface area contributed by atoms with Gasteiger partial charge < -0.3 is 29.7 Å². The third-order valence-electron chi connectivity index (χ3n) is 11.4. The van der Waals surface area contributed by atoms with Crippen LogP contribution in [0.1, 0.15) is 265 Å². The molecule has 6 unspecified atom stereocenters. The molecule has 408 valence electrons. The summed E-state index contributed by atoms with van der Waals surface area (Å²) < 4.78 is 16.9. The molecule has 11 heteroatoms. The second-order valence-electron chi connectivity index (χ2n) is 18.9. The maximum Gasteiger partial charge on any atom is 0.306 e. The molecule has 0 amide bonds. The number of aliphatic hydroxyl groups excluding tert-OH is 1. The topological polar surface area (TPSA) is 148 Å². The van der Waals surface area contributed by atoms with Gasteiger partial charge in [-0.2, -0.15) is 0 Å². The number of carbonyl (C=O) groups excluding carboxylic acids is 3. The molecule has 0 heterocycles. The van der Waals surface area contributed by atoms with Crippen LogP contribution >= 0.6 is 0 Å². The van der Waals surface area contributed by atoms with Crippen LogP contribution in [-0.2, 0) is 33.4 Å². The third-order valence-corrected chi connectivity index (χ3v) is 11.4. The molecule has 0 aliphatic rings. The van der Waals surface area contributed by atoms with E-state index in [1.807, 2.05) is 20.8 Å². The molecule has 0 aliphatic carbocycles. The van der Waals surface area contributed by atoms with E-state index < -0.39 is 12.3 Å². The lowest BCUT2D eigenvalue weighted by Crippen LogP contribution is -2.27. The van der Waals surface area contributed by atoms with Gasteiger partial charge >= 0.3 is 17.9 Å². The molecule has 0 aromatic rings. The number of unbranched alkanes of at least 4 members (excludes halogenated alkanes) is 11. The maximum absolute atomic E-state index is 12.7. The van der Waals surface area contributed by atoms with Gasteiger partial charge in [0.05, 0.1) is 34.1 Å². The zero-order chi connectivity index (χ0) is 53.4. The first-order valence-corrected chi connectivity index (χ1v) is 28.2. The summed E-state index contributed by atoms with van der Waals surface area (Å²) in [6.45, 7) is 36.2. The van der Waals surface area contributed by atoms with Crippen LogP contribution in [0.25, 0.3) is 0 Å². The van der Waals surface area contributed by atoms with Crippen LogP contribution in [0.4, 0.5) is 0 Å². The summed E-state index contributed by atoms with van der Waals surface area (Å²) in [6.07, 6.45) is 23.5. The first kappa shape index (κ1) is 77.5. The van der Waals surface area contributed by atoms with E-state index >= 15 is 0 Å². The number of hydrogen-bond donors (Lipinski definition) is 3. The highest BCUT2D eigenvalue weighted by atomic mass is 16.6. The Hall–Kier alpha value is -1.98. The number of aliphatic carboxylic acids is 1. The van der Waals surface area contributed by atoms with E-state index in [4.69, 9.17) is 27.2 Å². The molecule has 0 fully saturated rings. The number of ether oxygens (including phenoxy) is 3. The van der Waals surface area contributed by atoms with Crippen LogP contribution in [-0.4, -0.2) is 81.0 Å². The van der Waals surface area contributed by atoms with Crippen molar-refractivity contribution in [1.82, 2.24) is 5.32 Å². The van der Waals surface area contributed by atoms with Gasteiger partial charge in [0.1, 0.15) is 5.78 Å². The number of carboxylic acids is 1. The summed E-state index contributed by atoms with van der Waals surface area (Å²) in [7, 11) is 5.15. The van der Waals surface area contributed by atoms with E-state index in [1.54, 1.807) is 6.92 Å². The highest BCUT2D eigenvalue weighted by molar-refractivity contribution is 6.10. The molecule has 10 nitrogen and oxygen atoms in total. The molecule has 0 saturated heterocycles. The van der Waals surface area contributed by atoms with Crippen molar-refractivity contribution in [2.45, 2.75) is 277 Å². The van der Waals surface area contributed by atoms with Crippen molar-refractivity contribution >= 4 is 31.5 Å². The number of hydrogen-bond acceptors (Lipinski definition) is 9. The molecule has 6 atom stereocenters. The lowest BCUT2D eigenvalue weighted by molar-refractivity contribution is -0.157. The van der Waals surface area contributed by atoms with E-state index in [1.165, 1.54) is 57.8 Å². The highest BCUT2D eigenvalue weighted by Crippen LogP contribution is 2.23. The van der Waals surface area contributed by atoms with Crippen LogP contribution < -0.4 is 5.32 Å². The fraction of sp³-hybridized carbons (Fsp3) is 0.930. The number of esters is 2. The Balaban J connectivity index is -0.000000265. The van der Waals surface area contributed by atoms with Crippen molar-refractivity contribution in [3.63, 3.8) is 0 Å². The number of carboxylic acid groups (broad SMARTS) is 1. The minimum atomic E-state index is -0.864. The Labute approximate surface area is 424 Å². The third kappa shape index (κ3) is 66.1. The van der Waals surface area contributed by atoms with Gasteiger partial charge in [-0.15, -0.1) is 0 Å². The summed E-state index contributed by atoms with van der Waals surface area (Å²) in [6, 6.07) is 0. The lowest BCUT2D eigenvalue weighted by Gasteiger charge is -2.23. The predicted octanol–water partition coefficient (Wildman–Crippen LogP) is 15.5. The van der Waals surface area contributed by atoms with Crippen LogP contribution in [0.15, 0.2) is 0 Å². The molecule has 0 rings (SSSR count). The van der Waals surface area contributed by atoms with Gasteiger partial charge in [0, 0.05) is 24.7 Å². The van der Waals surface area contributed by atoms with Crippen molar-refractivity contribution in [2.75, 3.05) is 32.9 Å². The standard InChI is InChI=1S/C33H64O6.C9H18O2.C5H9BO.C5H13N.C3H8.C2H6/c1-6-10-13-15-17-19-22-31(34)37-25-29(26-38-32(35)23-20-18-16-14-11-7-2)24-33(36)39-27-30(21-12-8-3)28(5)9-4;1-4-8(5-7(2)3)6-9(10)11;1-4(3-6)5(2)7;1-3-5-6-4-2;1-3-2;1-2/h28-31,34H,6-27H2,1-5H3;7-8H,4-6H2,1-3H3,(H,10,11);4H,3H2,1-2H3;6H,3-5H2,1-2H3;3H2,1-2H3;1-2H3. The Morgan fingerprint density at radius 1 is 0.603 bits per heavy atom. The summed E-state index contributed by atoms with van der Waals surface area (Å²) in [4.78, 5) is 45.7. The molecule has 3 N–H and O–H groups in total. The van der Waals surface area contributed by atoms with Gasteiger partial charge in [-0.3, -0.25) is 19.2 Å². The van der Waals surface area contributed by atoms with Crippen LogP contribution in [0, 0.1) is 35.5 Å². The van der Waals surface area contributed by atoms with E-state index in [0.29, 0.717) is 55.9 Å². The van der Waals surface area contributed by atoms with Crippen molar-refractivity contribution in [1.29, 1.82) is 0 Å². The second kappa shape index (κ2) is 63.0. The number of aliphatic hydroxyl groups is 1. The fourth-order valence-corrected chi connectivity index (χ4v) is 6.58. The number of Topliss-reactive ketones (excluding diaryl/α,β-unsaturated/α-hetero) is 1. The Kier molecular flexibility index (Phi) is 71.8. The molecular formula is C57H118BNO9. The largest absolute Gasteiger partial charge is 0.481 e. The molecule has 0 aliphatic heterocycles. The van der Waals surface area contributed by atoms with Gasteiger partial charge in [-0.25, -0.2) is 0 Å². The highest BCUT2D eigenvalue weighted by Gasteiger charge is 2.22. The molecule has 0 spiro atoms. The van der Waals surface area contributed by atoms with E-state index in [9.17, 15) is 24.3 Å². The maximum atomic E-state index is 12.7. The second-order valence-corrected chi connectivity index (χ2v) is 18.9. The summed E-state index contributed by atoms with van der Waals surface area (Å²) in [5.41, 5.74) is 0. The Bertz CT molecular complexity index is 1030. The number of carbonyl (C=O) groups is 4. The molecule has 0 aromatic carbocycles. The van der Waals surface area contributed by atoms with Gasteiger partial charge in [-0.05, 0) is 82.2 Å². The van der Waals surface area contributed by atoms with Crippen LogP contribution in [0.5, 0.6) is 0 Å². The molecule has 0 aromatic heterocycles. The average Bonchev–Trinajstić information content (AvgIpc) is 3.31. The first-order valence-electron chi connectivity index (χ1n) is 28.2. The summed E-state index contributed by atoms with van der Waals surface area (Å²) in [5, 5.41) is 22.0. The van der Waals surface area contributed by atoms with Gasteiger partial charge in [0.25, 0.3) is 0 Å². The first-order chi connectivity index (χ1) is 32.4. The minimum absolute atomic E-state index is 0.0417. The quantitative estimate of drug-likeness (QED) is 0.0236. The van der Waals surface area contributed by atoms with E-state index in [0.717, 1.165) is 83.7 Å². The molecule has 0 bridgehead atoms. The average molecular weight is 972 g/mol. The summed E-state index contributed by atoms with van der Waals surface area (Å²) in [5.74, 6) is 0.541. The SMILES string of the molecule is CC.CCC.CCC(CC(=O)O)CC(C)C.CCCCCCCCC(=O)OCC(COC(O)CCCCCCCC)CC(=O)OCC(CCCC)C(C)CC.CCCNCC.[B]CC(C)C(C)=O.